The Kier molecular flexibility index (Phi) is 3.78. The molecule has 1 aliphatic heterocycles. The van der Waals surface area contributed by atoms with Crippen molar-refractivity contribution in [2.75, 3.05) is 12.3 Å². The van der Waals surface area contributed by atoms with Crippen LogP contribution in [0.15, 0.2) is 4.34 Å². The van der Waals surface area contributed by atoms with Crippen molar-refractivity contribution < 1.29 is 0 Å². The van der Waals surface area contributed by atoms with Gasteiger partial charge in [-0.25, -0.2) is 4.98 Å². The molecule has 2 heterocycles. The molecule has 1 aliphatic rings. The van der Waals surface area contributed by atoms with E-state index >= 15 is 0 Å². The summed E-state index contributed by atoms with van der Waals surface area (Å²) in [5, 5.41) is 3.48. The first-order valence-electron chi connectivity index (χ1n) is 5.07. The number of aryl methyl sites for hydroxylation is 1. The van der Waals surface area contributed by atoms with E-state index in [4.69, 9.17) is 0 Å². The van der Waals surface area contributed by atoms with E-state index in [1.165, 1.54) is 30.9 Å². The lowest BCUT2D eigenvalue weighted by Crippen LogP contribution is -2.23. The predicted molar refractivity (Wildman–Crippen MR) is 61.0 cm³/mol. The molecular formula is C9H15N3S2. The van der Waals surface area contributed by atoms with Crippen LogP contribution in [0, 0.1) is 0 Å². The molecule has 1 aromatic rings. The average molecular weight is 229 g/mol. The first-order valence-corrected chi connectivity index (χ1v) is 6.83. The minimum absolute atomic E-state index is 0.689. The molecular weight excluding hydrogens is 214 g/mol. The van der Waals surface area contributed by atoms with Crippen molar-refractivity contribution in [3.8, 4) is 0 Å². The van der Waals surface area contributed by atoms with E-state index in [-0.39, 0.29) is 0 Å². The maximum Gasteiger partial charge on any atom is 0.170 e. The van der Waals surface area contributed by atoms with Crippen LogP contribution in [-0.4, -0.2) is 27.7 Å². The van der Waals surface area contributed by atoms with Crippen LogP contribution in [-0.2, 0) is 6.42 Å². The lowest BCUT2D eigenvalue weighted by molar-refractivity contribution is 0.674. The van der Waals surface area contributed by atoms with Crippen LogP contribution in [0.3, 0.4) is 0 Å². The van der Waals surface area contributed by atoms with Gasteiger partial charge in [0, 0.05) is 18.2 Å². The normalized spacial score (nSPS) is 21.6. The Morgan fingerprint density at radius 3 is 3.21 bits per heavy atom. The highest BCUT2D eigenvalue weighted by Crippen LogP contribution is 2.23. The van der Waals surface area contributed by atoms with E-state index in [1.807, 2.05) is 11.8 Å². The van der Waals surface area contributed by atoms with Gasteiger partial charge in [-0.2, -0.15) is 4.37 Å². The first-order chi connectivity index (χ1) is 6.88. The van der Waals surface area contributed by atoms with Crippen LogP contribution >= 0.6 is 23.3 Å². The van der Waals surface area contributed by atoms with E-state index < -0.39 is 0 Å². The zero-order chi connectivity index (χ0) is 9.80. The molecule has 1 atom stereocenters. The van der Waals surface area contributed by atoms with Crippen molar-refractivity contribution in [2.45, 2.75) is 36.6 Å². The summed E-state index contributed by atoms with van der Waals surface area (Å²) in [4.78, 5) is 4.43. The van der Waals surface area contributed by atoms with Gasteiger partial charge in [-0.3, -0.25) is 0 Å². The summed E-state index contributed by atoms with van der Waals surface area (Å²) < 4.78 is 5.39. The Hall–Kier alpha value is -0.130. The fourth-order valence-corrected chi connectivity index (χ4v) is 3.34. The Balaban J connectivity index is 1.79. The second kappa shape index (κ2) is 5.09. The summed E-state index contributed by atoms with van der Waals surface area (Å²) in [6.45, 7) is 3.27. The molecule has 1 fully saturated rings. The van der Waals surface area contributed by atoms with Gasteiger partial charge in [-0.15, -0.1) is 0 Å². The lowest BCUT2D eigenvalue weighted by Gasteiger charge is -2.06. The maximum atomic E-state index is 4.43. The molecule has 3 nitrogen and oxygen atoms in total. The van der Waals surface area contributed by atoms with Crippen LogP contribution in [0.25, 0.3) is 0 Å². The molecule has 0 radical (unpaired) electrons. The number of aromatic nitrogens is 2. The largest absolute Gasteiger partial charge is 0.313 e. The van der Waals surface area contributed by atoms with Crippen molar-refractivity contribution in [1.29, 1.82) is 0 Å². The van der Waals surface area contributed by atoms with Crippen LogP contribution in [0.1, 0.15) is 25.6 Å². The SMILES string of the molecule is CCc1nsc(SC[C@H]2CCCN2)n1. The van der Waals surface area contributed by atoms with E-state index in [9.17, 15) is 0 Å². The topological polar surface area (TPSA) is 37.8 Å². The van der Waals surface area contributed by atoms with Gasteiger partial charge in [0.25, 0.3) is 0 Å². The van der Waals surface area contributed by atoms with Crippen LogP contribution in [0.4, 0.5) is 0 Å². The molecule has 1 N–H and O–H groups in total. The van der Waals surface area contributed by atoms with E-state index in [1.54, 1.807) is 0 Å². The van der Waals surface area contributed by atoms with Gasteiger partial charge in [0.2, 0.25) is 0 Å². The molecule has 0 aliphatic carbocycles. The number of hydrogen-bond acceptors (Lipinski definition) is 5. The second-order valence-electron chi connectivity index (χ2n) is 3.43. The molecule has 0 bridgehead atoms. The number of thioether (sulfide) groups is 1. The van der Waals surface area contributed by atoms with Crippen LogP contribution in [0.5, 0.6) is 0 Å². The summed E-state index contributed by atoms with van der Waals surface area (Å²) in [6, 6.07) is 0.689. The summed E-state index contributed by atoms with van der Waals surface area (Å²) in [6.07, 6.45) is 3.58. The van der Waals surface area contributed by atoms with Gasteiger partial charge in [0.15, 0.2) is 4.34 Å². The minimum Gasteiger partial charge on any atom is -0.313 e. The molecule has 78 valence electrons. The lowest BCUT2D eigenvalue weighted by atomic mass is 10.3. The molecule has 1 aromatic heterocycles. The zero-order valence-corrected chi connectivity index (χ0v) is 9.96. The zero-order valence-electron chi connectivity index (χ0n) is 8.32. The highest BCUT2D eigenvalue weighted by atomic mass is 32.2. The molecule has 0 unspecified atom stereocenters. The Labute approximate surface area is 92.9 Å². The maximum absolute atomic E-state index is 4.43. The average Bonchev–Trinajstić information content (AvgIpc) is 2.86. The predicted octanol–water partition coefficient (Wildman–Crippen LogP) is 1.94. The summed E-state index contributed by atoms with van der Waals surface area (Å²) in [5.74, 6) is 2.12. The molecule has 0 spiro atoms. The number of nitrogens with one attached hydrogen (secondary N) is 1. The fourth-order valence-electron chi connectivity index (χ4n) is 1.51. The van der Waals surface area contributed by atoms with Gasteiger partial charge < -0.3 is 5.32 Å². The Morgan fingerprint density at radius 2 is 2.57 bits per heavy atom. The Morgan fingerprint density at radius 1 is 1.64 bits per heavy atom. The van der Waals surface area contributed by atoms with Gasteiger partial charge >= 0.3 is 0 Å². The van der Waals surface area contributed by atoms with Crippen molar-refractivity contribution >= 4 is 23.3 Å². The quantitative estimate of drug-likeness (QED) is 0.801. The van der Waals surface area contributed by atoms with Gasteiger partial charge in [0.05, 0.1) is 0 Å². The van der Waals surface area contributed by atoms with E-state index in [0.29, 0.717) is 6.04 Å². The number of rotatable bonds is 4. The van der Waals surface area contributed by atoms with Gasteiger partial charge in [-0.1, -0.05) is 18.7 Å². The summed E-state index contributed by atoms with van der Waals surface area (Å²) in [7, 11) is 0. The number of hydrogen-bond donors (Lipinski definition) is 1. The standard InChI is InChI=1S/C9H15N3S2/c1-2-8-11-9(14-12-8)13-6-7-4-3-5-10-7/h7,10H,2-6H2,1H3/t7-/m1/s1. The molecule has 2 rings (SSSR count). The summed E-state index contributed by atoms with van der Waals surface area (Å²) in [5.41, 5.74) is 0. The number of nitrogens with zero attached hydrogens (tertiary/aromatic N) is 2. The van der Waals surface area contributed by atoms with Crippen molar-refractivity contribution in [1.82, 2.24) is 14.7 Å². The third-order valence-electron chi connectivity index (χ3n) is 2.34. The Bertz CT molecular complexity index is 281. The van der Waals surface area contributed by atoms with Gasteiger partial charge in [-0.05, 0) is 30.9 Å². The smallest absolute Gasteiger partial charge is 0.170 e. The van der Waals surface area contributed by atoms with Crippen molar-refractivity contribution in [2.24, 2.45) is 0 Å². The van der Waals surface area contributed by atoms with Crippen molar-refractivity contribution in [3.63, 3.8) is 0 Å². The van der Waals surface area contributed by atoms with E-state index in [0.717, 1.165) is 22.3 Å². The second-order valence-corrected chi connectivity index (χ2v) is 5.45. The monoisotopic (exact) mass is 229 g/mol. The third-order valence-corrected chi connectivity index (χ3v) is 4.37. The minimum atomic E-state index is 0.689. The van der Waals surface area contributed by atoms with E-state index in [2.05, 4.69) is 21.6 Å². The molecule has 0 amide bonds. The van der Waals surface area contributed by atoms with Crippen molar-refractivity contribution in [3.05, 3.63) is 5.82 Å². The van der Waals surface area contributed by atoms with Crippen LogP contribution in [0.2, 0.25) is 0 Å². The molecule has 5 heteroatoms. The first kappa shape index (κ1) is 10.4. The molecule has 0 saturated carbocycles. The summed E-state index contributed by atoms with van der Waals surface area (Å²) >= 11 is 3.37. The molecule has 14 heavy (non-hydrogen) atoms. The fraction of sp³-hybridized carbons (Fsp3) is 0.778. The third kappa shape index (κ3) is 2.68. The van der Waals surface area contributed by atoms with Crippen LogP contribution < -0.4 is 5.32 Å². The highest BCUT2D eigenvalue weighted by Gasteiger charge is 2.14. The van der Waals surface area contributed by atoms with Gasteiger partial charge in [0.1, 0.15) is 5.82 Å². The highest BCUT2D eigenvalue weighted by molar-refractivity contribution is 8.00. The molecule has 0 aromatic carbocycles. The molecule has 1 saturated heterocycles.